The molecule has 0 aromatic heterocycles. The minimum Gasteiger partial charge on any atom is -0.380 e. The lowest BCUT2D eigenvalue weighted by atomic mass is 9.90. The quantitative estimate of drug-likeness (QED) is 0.265. The number of likely N-dealkylation sites (tertiary alicyclic amines) is 1. The molecule has 9 heteroatoms. The van der Waals surface area contributed by atoms with E-state index in [9.17, 15) is 19.2 Å². The number of hydrogen-bond acceptors (Lipinski definition) is 6. The highest BCUT2D eigenvalue weighted by Gasteiger charge is 2.39. The molecule has 2 N–H and O–H groups in total. The first kappa shape index (κ1) is 30.4. The summed E-state index contributed by atoms with van der Waals surface area (Å²) >= 11 is 1.53. The molecular formula is C25H45N3O5S. The minimum atomic E-state index is -0.327. The van der Waals surface area contributed by atoms with E-state index < -0.39 is 0 Å². The van der Waals surface area contributed by atoms with Crippen LogP contribution in [0.25, 0.3) is 0 Å². The molecule has 196 valence electrons. The van der Waals surface area contributed by atoms with E-state index in [0.29, 0.717) is 32.7 Å². The third kappa shape index (κ3) is 13.9. The maximum Gasteiger partial charge on any atom is 0.242 e. The number of nitrogens with zero attached hydrogens (tertiary/aromatic N) is 1. The van der Waals surface area contributed by atoms with Crippen LogP contribution in [0, 0.1) is 10.8 Å². The molecule has 0 aliphatic carbocycles. The van der Waals surface area contributed by atoms with Crippen molar-refractivity contribution in [1.82, 2.24) is 15.5 Å². The zero-order valence-electron chi connectivity index (χ0n) is 22.0. The maximum absolute atomic E-state index is 12.5. The molecular weight excluding hydrogens is 454 g/mol. The van der Waals surface area contributed by atoms with Crippen LogP contribution in [0.15, 0.2) is 0 Å². The summed E-state index contributed by atoms with van der Waals surface area (Å²) in [6, 6.07) is 0. The van der Waals surface area contributed by atoms with Gasteiger partial charge in [0.05, 0.1) is 11.9 Å². The molecule has 1 aliphatic rings. The van der Waals surface area contributed by atoms with Crippen molar-refractivity contribution < 1.29 is 23.9 Å². The van der Waals surface area contributed by atoms with E-state index in [0.717, 1.165) is 25.0 Å². The zero-order valence-corrected chi connectivity index (χ0v) is 22.8. The molecule has 1 unspecified atom stereocenters. The molecule has 34 heavy (non-hydrogen) atoms. The number of carbonyl (C=O) groups excluding carboxylic acids is 4. The van der Waals surface area contributed by atoms with Crippen LogP contribution >= 0.6 is 11.8 Å². The fourth-order valence-electron chi connectivity index (χ4n) is 3.17. The molecule has 0 aromatic carbocycles. The van der Waals surface area contributed by atoms with Crippen LogP contribution in [0.3, 0.4) is 0 Å². The summed E-state index contributed by atoms with van der Waals surface area (Å²) in [4.78, 5) is 49.7. The summed E-state index contributed by atoms with van der Waals surface area (Å²) in [6.45, 7) is 14.9. The van der Waals surface area contributed by atoms with Crippen LogP contribution in [-0.2, 0) is 23.9 Å². The van der Waals surface area contributed by atoms with Crippen molar-refractivity contribution in [2.24, 2.45) is 10.8 Å². The molecule has 0 aromatic rings. The Kier molecular flexibility index (Phi) is 13.2. The molecule has 1 fully saturated rings. The van der Waals surface area contributed by atoms with Gasteiger partial charge in [-0.05, 0) is 35.8 Å². The fourth-order valence-corrected chi connectivity index (χ4v) is 4.40. The van der Waals surface area contributed by atoms with Gasteiger partial charge < -0.3 is 15.4 Å². The Balaban J connectivity index is 2.05. The lowest BCUT2D eigenvalue weighted by Gasteiger charge is -2.19. The number of nitrogens with one attached hydrogen (secondary N) is 2. The van der Waals surface area contributed by atoms with Crippen molar-refractivity contribution in [3.05, 3.63) is 0 Å². The summed E-state index contributed by atoms with van der Waals surface area (Å²) in [5.41, 5.74) is 0.245. The van der Waals surface area contributed by atoms with E-state index in [1.54, 1.807) is 0 Å². The SMILES string of the molecule is CC(C)(C)CCC(=O)NCCOCCCCNC(=O)CCN1C(=O)CC(SCC(C)(C)C)C1=O. The number of amides is 4. The molecule has 0 bridgehead atoms. The zero-order chi connectivity index (χ0) is 25.8. The predicted octanol–water partition coefficient (Wildman–Crippen LogP) is 3.14. The Hall–Kier alpha value is -1.61. The van der Waals surface area contributed by atoms with Gasteiger partial charge in [0.25, 0.3) is 0 Å². The van der Waals surface area contributed by atoms with Crippen molar-refractivity contribution in [3.63, 3.8) is 0 Å². The fraction of sp³-hybridized carbons (Fsp3) is 0.840. The van der Waals surface area contributed by atoms with Crippen LogP contribution in [0.4, 0.5) is 0 Å². The van der Waals surface area contributed by atoms with E-state index in [-0.39, 0.29) is 59.1 Å². The van der Waals surface area contributed by atoms with Gasteiger partial charge in [-0.15, -0.1) is 11.8 Å². The van der Waals surface area contributed by atoms with E-state index in [1.165, 1.54) is 16.7 Å². The molecule has 0 spiro atoms. The van der Waals surface area contributed by atoms with E-state index in [2.05, 4.69) is 52.2 Å². The van der Waals surface area contributed by atoms with Crippen LogP contribution in [-0.4, -0.2) is 72.4 Å². The maximum atomic E-state index is 12.5. The standard InChI is InChI=1S/C25H45N3O5S/c1-24(2,3)11-9-20(29)27-13-16-33-15-8-7-12-26-21(30)10-14-28-22(31)17-19(23(28)32)34-18-25(4,5)6/h19H,7-18H2,1-6H3,(H,26,30)(H,27,29). The second-order valence-electron chi connectivity index (χ2n) is 11.3. The highest BCUT2D eigenvalue weighted by atomic mass is 32.2. The van der Waals surface area contributed by atoms with Gasteiger partial charge >= 0.3 is 0 Å². The van der Waals surface area contributed by atoms with Crippen LogP contribution < -0.4 is 10.6 Å². The van der Waals surface area contributed by atoms with E-state index in [4.69, 9.17) is 4.74 Å². The molecule has 1 saturated heterocycles. The molecule has 1 aliphatic heterocycles. The Morgan fingerprint density at radius 1 is 0.941 bits per heavy atom. The second kappa shape index (κ2) is 14.7. The Morgan fingerprint density at radius 2 is 1.59 bits per heavy atom. The average molecular weight is 500 g/mol. The largest absolute Gasteiger partial charge is 0.380 e. The number of ether oxygens (including phenoxy) is 1. The van der Waals surface area contributed by atoms with Crippen molar-refractivity contribution >= 4 is 35.4 Å². The number of imide groups is 1. The third-order valence-electron chi connectivity index (χ3n) is 5.19. The summed E-state index contributed by atoms with van der Waals surface area (Å²) in [6.07, 6.45) is 3.30. The second-order valence-corrected chi connectivity index (χ2v) is 12.5. The van der Waals surface area contributed by atoms with Crippen LogP contribution in [0.5, 0.6) is 0 Å². The van der Waals surface area contributed by atoms with Crippen LogP contribution in [0.2, 0.25) is 0 Å². The number of thioether (sulfide) groups is 1. The number of hydrogen-bond donors (Lipinski definition) is 2. The van der Waals surface area contributed by atoms with Gasteiger partial charge in [-0.3, -0.25) is 24.1 Å². The first-order valence-corrected chi connectivity index (χ1v) is 13.4. The first-order chi connectivity index (χ1) is 15.8. The van der Waals surface area contributed by atoms with Gasteiger partial charge in [-0.2, -0.15) is 0 Å². The Bertz CT molecular complexity index is 685. The Labute approximate surface area is 209 Å². The van der Waals surface area contributed by atoms with Gasteiger partial charge in [-0.25, -0.2) is 0 Å². The number of carbonyl (C=O) groups is 4. The molecule has 0 saturated carbocycles. The Morgan fingerprint density at radius 3 is 2.24 bits per heavy atom. The summed E-state index contributed by atoms with van der Waals surface area (Å²) in [7, 11) is 0. The molecule has 0 radical (unpaired) electrons. The lowest BCUT2D eigenvalue weighted by molar-refractivity contribution is -0.138. The van der Waals surface area contributed by atoms with Gasteiger partial charge in [-0.1, -0.05) is 41.5 Å². The molecule has 1 rings (SSSR count). The van der Waals surface area contributed by atoms with E-state index in [1.807, 2.05) is 0 Å². The highest BCUT2D eigenvalue weighted by Crippen LogP contribution is 2.30. The number of unbranched alkanes of at least 4 members (excludes halogenated alkanes) is 1. The normalized spacial score (nSPS) is 16.8. The van der Waals surface area contributed by atoms with Crippen molar-refractivity contribution in [3.8, 4) is 0 Å². The van der Waals surface area contributed by atoms with E-state index >= 15 is 0 Å². The molecule has 1 atom stereocenters. The highest BCUT2D eigenvalue weighted by molar-refractivity contribution is 8.00. The third-order valence-corrected chi connectivity index (χ3v) is 6.99. The average Bonchev–Trinajstić information content (AvgIpc) is 2.99. The lowest BCUT2D eigenvalue weighted by Crippen LogP contribution is -2.36. The predicted molar refractivity (Wildman–Crippen MR) is 136 cm³/mol. The first-order valence-electron chi connectivity index (χ1n) is 12.4. The topological polar surface area (TPSA) is 105 Å². The number of rotatable bonds is 15. The van der Waals surface area contributed by atoms with Crippen molar-refractivity contribution in [2.45, 2.75) is 85.3 Å². The summed E-state index contributed by atoms with van der Waals surface area (Å²) in [5.74, 6) is 0.338. The smallest absolute Gasteiger partial charge is 0.242 e. The molecule has 8 nitrogen and oxygen atoms in total. The molecule has 4 amide bonds. The minimum absolute atomic E-state index is 0.0535. The summed E-state index contributed by atoms with van der Waals surface area (Å²) in [5, 5.41) is 5.36. The van der Waals surface area contributed by atoms with Crippen molar-refractivity contribution in [2.75, 3.05) is 38.6 Å². The van der Waals surface area contributed by atoms with Gasteiger partial charge in [0.1, 0.15) is 0 Å². The monoisotopic (exact) mass is 499 g/mol. The van der Waals surface area contributed by atoms with Crippen molar-refractivity contribution in [1.29, 1.82) is 0 Å². The van der Waals surface area contributed by atoms with Crippen LogP contribution in [0.1, 0.15) is 80.1 Å². The van der Waals surface area contributed by atoms with Gasteiger partial charge in [0.15, 0.2) is 0 Å². The van der Waals surface area contributed by atoms with Gasteiger partial charge in [0.2, 0.25) is 23.6 Å². The molecule has 1 heterocycles. The van der Waals surface area contributed by atoms with Gasteiger partial charge in [0, 0.05) is 45.5 Å². The summed E-state index contributed by atoms with van der Waals surface area (Å²) < 4.78 is 5.51.